The molecule has 1 aromatic carbocycles. The van der Waals surface area contributed by atoms with Crippen LogP contribution in [0.3, 0.4) is 0 Å². The molecule has 0 saturated carbocycles. The number of hydrogen-bond donors (Lipinski definition) is 1. The SMILES string of the molecule is COC(=O)N(C)c1ccc2nc(C)[nH]c2c1. The summed E-state index contributed by atoms with van der Waals surface area (Å²) in [6.07, 6.45) is -0.393. The van der Waals surface area contributed by atoms with Crippen LogP contribution in [0.15, 0.2) is 18.2 Å². The second-order valence-corrected chi connectivity index (χ2v) is 3.55. The molecule has 0 saturated heterocycles. The molecule has 5 nitrogen and oxygen atoms in total. The van der Waals surface area contributed by atoms with E-state index in [9.17, 15) is 4.79 Å². The Kier molecular flexibility index (Phi) is 2.52. The fourth-order valence-electron chi connectivity index (χ4n) is 1.58. The van der Waals surface area contributed by atoms with Gasteiger partial charge in [-0.1, -0.05) is 0 Å². The van der Waals surface area contributed by atoms with Gasteiger partial charge in [-0.05, 0) is 25.1 Å². The molecular weight excluding hydrogens is 206 g/mol. The van der Waals surface area contributed by atoms with Crippen molar-refractivity contribution in [1.29, 1.82) is 0 Å². The molecule has 1 heterocycles. The lowest BCUT2D eigenvalue weighted by molar-refractivity contribution is 0.180. The third-order valence-electron chi connectivity index (χ3n) is 2.42. The summed E-state index contributed by atoms with van der Waals surface area (Å²) in [4.78, 5) is 20.2. The van der Waals surface area contributed by atoms with E-state index in [2.05, 4.69) is 14.7 Å². The summed E-state index contributed by atoms with van der Waals surface area (Å²) in [5, 5.41) is 0. The number of carbonyl (C=O) groups excluding carboxylic acids is 1. The quantitative estimate of drug-likeness (QED) is 0.798. The lowest BCUT2D eigenvalue weighted by Gasteiger charge is -2.15. The predicted molar refractivity (Wildman–Crippen MR) is 61.6 cm³/mol. The zero-order chi connectivity index (χ0) is 11.7. The van der Waals surface area contributed by atoms with Crippen LogP contribution in [0.25, 0.3) is 11.0 Å². The van der Waals surface area contributed by atoms with Gasteiger partial charge in [0, 0.05) is 12.7 Å². The molecule has 84 valence electrons. The van der Waals surface area contributed by atoms with Crippen molar-refractivity contribution in [3.8, 4) is 0 Å². The second-order valence-electron chi connectivity index (χ2n) is 3.55. The molecule has 0 spiro atoms. The van der Waals surface area contributed by atoms with Crippen molar-refractivity contribution in [3.05, 3.63) is 24.0 Å². The molecule has 2 aromatic rings. The number of fused-ring (bicyclic) bond motifs is 1. The Hall–Kier alpha value is -2.04. The number of imidazole rings is 1. The van der Waals surface area contributed by atoms with Crippen molar-refractivity contribution in [1.82, 2.24) is 9.97 Å². The highest BCUT2D eigenvalue weighted by Crippen LogP contribution is 2.20. The molecule has 16 heavy (non-hydrogen) atoms. The average molecular weight is 219 g/mol. The van der Waals surface area contributed by atoms with Crippen molar-refractivity contribution in [2.24, 2.45) is 0 Å². The van der Waals surface area contributed by atoms with Gasteiger partial charge >= 0.3 is 6.09 Å². The Labute approximate surface area is 93.0 Å². The third-order valence-corrected chi connectivity index (χ3v) is 2.42. The zero-order valence-electron chi connectivity index (χ0n) is 9.44. The van der Waals surface area contributed by atoms with E-state index in [0.717, 1.165) is 22.5 Å². The van der Waals surface area contributed by atoms with Crippen LogP contribution in [0, 0.1) is 6.92 Å². The molecule has 1 aromatic heterocycles. The molecule has 0 unspecified atom stereocenters. The molecule has 2 rings (SSSR count). The van der Waals surface area contributed by atoms with Gasteiger partial charge in [0.1, 0.15) is 5.82 Å². The Balaban J connectivity index is 2.42. The first-order valence-corrected chi connectivity index (χ1v) is 4.90. The number of H-pyrrole nitrogens is 1. The van der Waals surface area contributed by atoms with E-state index in [1.807, 2.05) is 25.1 Å². The minimum atomic E-state index is -0.393. The number of aryl methyl sites for hydroxylation is 1. The van der Waals surface area contributed by atoms with Crippen molar-refractivity contribution in [2.75, 3.05) is 19.1 Å². The number of amides is 1. The summed E-state index contributed by atoms with van der Waals surface area (Å²) in [7, 11) is 3.02. The van der Waals surface area contributed by atoms with Gasteiger partial charge in [0.25, 0.3) is 0 Å². The lowest BCUT2D eigenvalue weighted by Crippen LogP contribution is -2.25. The van der Waals surface area contributed by atoms with Crippen LogP contribution < -0.4 is 4.90 Å². The number of ether oxygens (including phenoxy) is 1. The smallest absolute Gasteiger partial charge is 0.413 e. The second kappa shape index (κ2) is 3.84. The van der Waals surface area contributed by atoms with Gasteiger partial charge in [-0.15, -0.1) is 0 Å². The minimum absolute atomic E-state index is 0.393. The van der Waals surface area contributed by atoms with E-state index in [-0.39, 0.29) is 0 Å². The van der Waals surface area contributed by atoms with E-state index < -0.39 is 6.09 Å². The minimum Gasteiger partial charge on any atom is -0.452 e. The molecule has 0 fully saturated rings. The van der Waals surface area contributed by atoms with Gasteiger partial charge in [0.05, 0.1) is 18.1 Å². The van der Waals surface area contributed by atoms with E-state index >= 15 is 0 Å². The first-order chi connectivity index (χ1) is 7.61. The zero-order valence-corrected chi connectivity index (χ0v) is 9.44. The maximum absolute atomic E-state index is 11.3. The largest absolute Gasteiger partial charge is 0.452 e. The van der Waals surface area contributed by atoms with Crippen LogP contribution in [0.4, 0.5) is 10.5 Å². The number of carbonyl (C=O) groups is 1. The van der Waals surface area contributed by atoms with E-state index in [4.69, 9.17) is 0 Å². The maximum Gasteiger partial charge on any atom is 0.413 e. The van der Waals surface area contributed by atoms with Crippen molar-refractivity contribution in [3.63, 3.8) is 0 Å². The molecule has 0 aliphatic rings. The highest BCUT2D eigenvalue weighted by Gasteiger charge is 2.11. The maximum atomic E-state index is 11.3. The van der Waals surface area contributed by atoms with Crippen LogP contribution in [0.2, 0.25) is 0 Å². The molecule has 5 heteroatoms. The highest BCUT2D eigenvalue weighted by molar-refractivity contribution is 5.90. The van der Waals surface area contributed by atoms with Crippen molar-refractivity contribution < 1.29 is 9.53 Å². The Bertz CT molecular complexity index is 533. The molecule has 0 bridgehead atoms. The standard InChI is InChI=1S/C11H13N3O2/c1-7-12-9-5-4-8(6-10(9)13-7)14(2)11(15)16-3/h4-6H,1-3H3,(H,12,13). The number of hydrogen-bond acceptors (Lipinski definition) is 3. The summed E-state index contributed by atoms with van der Waals surface area (Å²) >= 11 is 0. The third kappa shape index (κ3) is 1.71. The van der Waals surface area contributed by atoms with Gasteiger partial charge in [-0.25, -0.2) is 9.78 Å². The summed E-state index contributed by atoms with van der Waals surface area (Å²) in [5.41, 5.74) is 2.56. The van der Waals surface area contributed by atoms with Crippen LogP contribution in [0.1, 0.15) is 5.82 Å². The van der Waals surface area contributed by atoms with Crippen molar-refractivity contribution in [2.45, 2.75) is 6.92 Å². The van der Waals surface area contributed by atoms with Crippen molar-refractivity contribution >= 4 is 22.8 Å². The van der Waals surface area contributed by atoms with Gasteiger partial charge < -0.3 is 9.72 Å². The number of rotatable bonds is 1. The van der Waals surface area contributed by atoms with Gasteiger partial charge in [-0.3, -0.25) is 4.90 Å². The van der Waals surface area contributed by atoms with E-state index in [0.29, 0.717) is 0 Å². The van der Waals surface area contributed by atoms with Crippen LogP contribution in [-0.2, 0) is 4.74 Å². The summed E-state index contributed by atoms with van der Waals surface area (Å²) in [5.74, 6) is 0.855. The van der Waals surface area contributed by atoms with Gasteiger partial charge in [0.2, 0.25) is 0 Å². The summed E-state index contributed by atoms with van der Waals surface area (Å²) in [6, 6.07) is 5.57. The topological polar surface area (TPSA) is 58.2 Å². The van der Waals surface area contributed by atoms with Gasteiger partial charge in [-0.2, -0.15) is 0 Å². The number of aromatic amines is 1. The summed E-state index contributed by atoms with van der Waals surface area (Å²) < 4.78 is 4.64. The van der Waals surface area contributed by atoms with Crippen LogP contribution >= 0.6 is 0 Å². The number of nitrogens with one attached hydrogen (secondary N) is 1. The average Bonchev–Trinajstić information content (AvgIpc) is 2.65. The van der Waals surface area contributed by atoms with Gasteiger partial charge in [0.15, 0.2) is 0 Å². The molecule has 0 atom stereocenters. The first-order valence-electron chi connectivity index (χ1n) is 4.90. The number of anilines is 1. The number of aromatic nitrogens is 2. The van der Waals surface area contributed by atoms with Crippen LogP contribution in [-0.4, -0.2) is 30.2 Å². The molecule has 0 aliphatic heterocycles. The Morgan fingerprint density at radius 1 is 1.50 bits per heavy atom. The molecule has 1 amide bonds. The molecular formula is C11H13N3O2. The summed E-state index contributed by atoms with van der Waals surface area (Å²) in [6.45, 7) is 1.89. The van der Waals surface area contributed by atoms with Crippen LogP contribution in [0.5, 0.6) is 0 Å². The fourth-order valence-corrected chi connectivity index (χ4v) is 1.58. The normalized spacial score (nSPS) is 10.4. The number of methoxy groups -OCH3 is 1. The van der Waals surface area contributed by atoms with E-state index in [1.165, 1.54) is 12.0 Å². The fraction of sp³-hybridized carbons (Fsp3) is 0.273. The molecule has 0 radical (unpaired) electrons. The molecule has 0 aliphatic carbocycles. The lowest BCUT2D eigenvalue weighted by atomic mass is 10.2. The number of nitrogens with zero attached hydrogens (tertiary/aromatic N) is 2. The highest BCUT2D eigenvalue weighted by atomic mass is 16.5. The molecule has 1 N–H and O–H groups in total. The Morgan fingerprint density at radius 3 is 2.94 bits per heavy atom. The Morgan fingerprint density at radius 2 is 2.25 bits per heavy atom. The predicted octanol–water partition coefficient (Wildman–Crippen LogP) is 2.07. The number of benzene rings is 1. The first kappa shape index (κ1) is 10.5. The monoisotopic (exact) mass is 219 g/mol. The van der Waals surface area contributed by atoms with E-state index in [1.54, 1.807) is 7.05 Å².